The summed E-state index contributed by atoms with van der Waals surface area (Å²) >= 11 is 0.572. The summed E-state index contributed by atoms with van der Waals surface area (Å²) in [5.74, 6) is -2.35. The number of thioether (sulfide) groups is 1. The largest absolute Gasteiger partial charge is 0.311 e. The fraction of sp³-hybridized carbons (Fsp3) is 0.455. The fourth-order valence-corrected chi connectivity index (χ4v) is 1.70. The second-order valence-corrected chi connectivity index (χ2v) is 4.84. The van der Waals surface area contributed by atoms with E-state index in [0.29, 0.717) is 16.7 Å². The summed E-state index contributed by atoms with van der Waals surface area (Å²) in [6.45, 7) is 4.09. The Kier molecular flexibility index (Phi) is 4.11. The predicted molar refractivity (Wildman–Crippen MR) is 60.4 cm³/mol. The molecular formula is C11H15F2NS. The van der Waals surface area contributed by atoms with Gasteiger partial charge in [-0.1, -0.05) is 23.9 Å². The number of hydrogen-bond acceptors (Lipinski definition) is 2. The Bertz CT molecular complexity index is 309. The Morgan fingerprint density at radius 1 is 1.20 bits per heavy atom. The predicted octanol–water partition coefficient (Wildman–Crippen LogP) is 3.46. The molecule has 1 N–H and O–H groups in total. The van der Waals surface area contributed by atoms with Crippen LogP contribution in [0.3, 0.4) is 0 Å². The third-order valence-electron chi connectivity index (χ3n) is 2.43. The van der Waals surface area contributed by atoms with Crippen molar-refractivity contribution in [3.8, 4) is 0 Å². The molecule has 0 heterocycles. The Hall–Kier alpha value is -0.610. The number of benzene rings is 1. The summed E-state index contributed by atoms with van der Waals surface area (Å²) in [6, 6.07) is 7.21. The molecule has 0 aliphatic carbocycles. The van der Waals surface area contributed by atoms with E-state index in [-0.39, 0.29) is 5.54 Å². The van der Waals surface area contributed by atoms with E-state index in [0.717, 1.165) is 5.56 Å². The van der Waals surface area contributed by atoms with Gasteiger partial charge < -0.3 is 5.32 Å². The normalized spacial score (nSPS) is 12.1. The second kappa shape index (κ2) is 4.94. The zero-order valence-electron chi connectivity index (χ0n) is 9.05. The van der Waals surface area contributed by atoms with Crippen LogP contribution in [-0.2, 0) is 5.54 Å². The number of alkyl halides is 2. The van der Waals surface area contributed by atoms with Crippen LogP contribution in [0.25, 0.3) is 0 Å². The van der Waals surface area contributed by atoms with E-state index < -0.39 is 5.76 Å². The van der Waals surface area contributed by atoms with Gasteiger partial charge in [0.2, 0.25) is 0 Å². The van der Waals surface area contributed by atoms with Gasteiger partial charge in [0.1, 0.15) is 0 Å². The first-order chi connectivity index (χ1) is 6.95. The minimum atomic E-state index is -2.35. The van der Waals surface area contributed by atoms with Crippen molar-refractivity contribution in [1.29, 1.82) is 0 Å². The molecule has 0 saturated carbocycles. The zero-order valence-corrected chi connectivity index (χ0v) is 9.87. The third kappa shape index (κ3) is 3.47. The van der Waals surface area contributed by atoms with Crippen LogP contribution in [0.15, 0.2) is 29.2 Å². The average Bonchev–Trinajstić information content (AvgIpc) is 2.18. The van der Waals surface area contributed by atoms with Crippen LogP contribution in [0.5, 0.6) is 0 Å². The zero-order chi connectivity index (χ0) is 11.5. The van der Waals surface area contributed by atoms with Gasteiger partial charge in [-0.25, -0.2) is 0 Å². The van der Waals surface area contributed by atoms with Gasteiger partial charge in [-0.3, -0.25) is 0 Å². The highest BCUT2D eigenvalue weighted by Gasteiger charge is 2.17. The van der Waals surface area contributed by atoms with Gasteiger partial charge in [0, 0.05) is 10.4 Å². The monoisotopic (exact) mass is 231 g/mol. The molecule has 1 rings (SSSR count). The molecule has 0 radical (unpaired) electrons. The SMILES string of the molecule is CNC(C)(C)c1ccc(SC(F)F)cc1. The van der Waals surface area contributed by atoms with E-state index in [4.69, 9.17) is 0 Å². The van der Waals surface area contributed by atoms with Gasteiger partial charge in [0.15, 0.2) is 0 Å². The van der Waals surface area contributed by atoms with E-state index in [2.05, 4.69) is 5.32 Å². The van der Waals surface area contributed by atoms with Gasteiger partial charge in [0.05, 0.1) is 0 Å². The molecule has 1 nitrogen and oxygen atoms in total. The van der Waals surface area contributed by atoms with Crippen LogP contribution in [0.2, 0.25) is 0 Å². The molecular weight excluding hydrogens is 216 g/mol. The van der Waals surface area contributed by atoms with Crippen LogP contribution in [0, 0.1) is 0 Å². The number of rotatable bonds is 4. The maximum Gasteiger partial charge on any atom is 0.288 e. The van der Waals surface area contributed by atoms with E-state index in [9.17, 15) is 8.78 Å². The lowest BCUT2D eigenvalue weighted by atomic mass is 9.95. The maximum absolute atomic E-state index is 12.1. The van der Waals surface area contributed by atoms with Crippen LogP contribution in [-0.4, -0.2) is 12.8 Å². The van der Waals surface area contributed by atoms with Crippen LogP contribution >= 0.6 is 11.8 Å². The van der Waals surface area contributed by atoms with Crippen molar-refractivity contribution in [1.82, 2.24) is 5.32 Å². The molecule has 1 aromatic carbocycles. The minimum absolute atomic E-state index is 0.131. The molecule has 0 aliphatic rings. The molecule has 0 atom stereocenters. The first kappa shape index (κ1) is 12.5. The van der Waals surface area contributed by atoms with Crippen LogP contribution < -0.4 is 5.32 Å². The molecule has 0 fully saturated rings. The van der Waals surface area contributed by atoms with Gasteiger partial charge in [0.25, 0.3) is 5.76 Å². The van der Waals surface area contributed by atoms with Crippen molar-refractivity contribution in [3.05, 3.63) is 29.8 Å². The number of halogens is 2. The topological polar surface area (TPSA) is 12.0 Å². The smallest absolute Gasteiger partial charge is 0.288 e. The highest BCUT2D eigenvalue weighted by atomic mass is 32.2. The summed E-state index contributed by atoms with van der Waals surface area (Å²) < 4.78 is 24.1. The van der Waals surface area contributed by atoms with E-state index in [1.165, 1.54) is 0 Å². The lowest BCUT2D eigenvalue weighted by Crippen LogP contribution is -2.32. The first-order valence-corrected chi connectivity index (χ1v) is 5.58. The van der Waals surface area contributed by atoms with Crippen molar-refractivity contribution in [2.45, 2.75) is 30.0 Å². The molecule has 0 saturated heterocycles. The van der Waals surface area contributed by atoms with E-state index in [1.54, 1.807) is 12.1 Å². The molecule has 0 aliphatic heterocycles. The van der Waals surface area contributed by atoms with Crippen LogP contribution in [0.4, 0.5) is 8.78 Å². The average molecular weight is 231 g/mol. The molecule has 0 spiro atoms. The molecule has 4 heteroatoms. The van der Waals surface area contributed by atoms with Crippen molar-refractivity contribution in [2.24, 2.45) is 0 Å². The van der Waals surface area contributed by atoms with Crippen molar-refractivity contribution in [2.75, 3.05) is 7.05 Å². The summed E-state index contributed by atoms with van der Waals surface area (Å²) in [5.41, 5.74) is 0.956. The standard InChI is InChI=1S/C11H15F2NS/c1-11(2,14-3)8-4-6-9(7-5-8)15-10(12)13/h4-7,10,14H,1-3H3. The number of hydrogen-bond donors (Lipinski definition) is 1. The molecule has 1 aromatic rings. The quantitative estimate of drug-likeness (QED) is 0.796. The Balaban J connectivity index is 2.81. The molecule has 0 amide bonds. The van der Waals surface area contributed by atoms with Gasteiger partial charge >= 0.3 is 0 Å². The van der Waals surface area contributed by atoms with Crippen LogP contribution in [0.1, 0.15) is 19.4 Å². The van der Waals surface area contributed by atoms with E-state index in [1.807, 2.05) is 33.0 Å². The highest BCUT2D eigenvalue weighted by molar-refractivity contribution is 7.99. The van der Waals surface area contributed by atoms with Crippen molar-refractivity contribution < 1.29 is 8.78 Å². The molecule has 0 aromatic heterocycles. The Morgan fingerprint density at radius 2 is 1.73 bits per heavy atom. The first-order valence-electron chi connectivity index (χ1n) is 4.70. The molecule has 15 heavy (non-hydrogen) atoms. The molecule has 84 valence electrons. The Morgan fingerprint density at radius 3 is 2.13 bits per heavy atom. The summed E-state index contributed by atoms with van der Waals surface area (Å²) in [4.78, 5) is 0.598. The summed E-state index contributed by atoms with van der Waals surface area (Å²) in [5, 5.41) is 3.16. The Labute approximate surface area is 93.3 Å². The highest BCUT2D eigenvalue weighted by Crippen LogP contribution is 2.27. The minimum Gasteiger partial charge on any atom is -0.311 e. The van der Waals surface area contributed by atoms with E-state index >= 15 is 0 Å². The number of nitrogens with one attached hydrogen (secondary N) is 1. The van der Waals surface area contributed by atoms with Gasteiger partial charge in [-0.05, 0) is 38.6 Å². The molecule has 0 bridgehead atoms. The summed E-state index contributed by atoms with van der Waals surface area (Å²) in [6.07, 6.45) is 0. The lowest BCUT2D eigenvalue weighted by Gasteiger charge is -2.24. The fourth-order valence-electron chi connectivity index (χ4n) is 1.20. The lowest BCUT2D eigenvalue weighted by molar-refractivity contribution is 0.252. The summed E-state index contributed by atoms with van der Waals surface area (Å²) in [7, 11) is 1.88. The van der Waals surface area contributed by atoms with Gasteiger partial charge in [-0.15, -0.1) is 0 Å². The van der Waals surface area contributed by atoms with Crippen molar-refractivity contribution in [3.63, 3.8) is 0 Å². The third-order valence-corrected chi connectivity index (χ3v) is 3.15. The van der Waals surface area contributed by atoms with Crippen molar-refractivity contribution >= 4 is 11.8 Å². The van der Waals surface area contributed by atoms with Gasteiger partial charge in [-0.2, -0.15) is 8.78 Å². The maximum atomic E-state index is 12.1. The second-order valence-electron chi connectivity index (χ2n) is 3.78. The molecule has 0 unspecified atom stereocenters.